The van der Waals surface area contributed by atoms with Crippen molar-refractivity contribution in [3.05, 3.63) is 21.9 Å². The van der Waals surface area contributed by atoms with E-state index in [1.165, 1.54) is 0 Å². The third kappa shape index (κ3) is 2.08. The summed E-state index contributed by atoms with van der Waals surface area (Å²) >= 11 is 8.25. The number of aromatic hydroxyl groups is 1. The van der Waals surface area contributed by atoms with Gasteiger partial charge in [-0.15, -0.1) is 11.6 Å². The van der Waals surface area contributed by atoms with Gasteiger partial charge < -0.3 is 5.11 Å². The van der Waals surface area contributed by atoms with E-state index >= 15 is 0 Å². The molecule has 0 atom stereocenters. The van der Waals surface area contributed by atoms with Gasteiger partial charge in [0, 0.05) is 0 Å². The molecule has 0 aromatic carbocycles. The minimum absolute atomic E-state index is 0.0480. The van der Waals surface area contributed by atoms with Gasteiger partial charge in [0.1, 0.15) is 5.75 Å². The average Bonchev–Trinajstić information content (AvgIpc) is 2.08. The summed E-state index contributed by atoms with van der Waals surface area (Å²) in [5, 5.41) is 9.08. The Morgan fingerprint density at radius 1 is 1.62 bits per heavy atom. The lowest BCUT2D eigenvalue weighted by Crippen LogP contribution is -1.97. The van der Waals surface area contributed by atoms with Crippen molar-refractivity contribution in [1.29, 1.82) is 0 Å². The molecule has 0 aliphatic heterocycles. The third-order valence-electron chi connectivity index (χ3n) is 1.46. The Morgan fingerprint density at radius 3 is 2.69 bits per heavy atom. The molecule has 1 rings (SSSR count). The summed E-state index contributed by atoms with van der Waals surface area (Å²) in [6, 6.07) is 0. The van der Waals surface area contributed by atoms with Crippen LogP contribution in [-0.2, 0) is 5.88 Å². The molecule has 0 unspecified atom stereocenters. The van der Waals surface area contributed by atoms with E-state index in [4.69, 9.17) is 16.7 Å². The van der Waals surface area contributed by atoms with Crippen molar-refractivity contribution in [3.8, 4) is 5.75 Å². The zero-order valence-electron chi connectivity index (χ0n) is 6.27. The van der Waals surface area contributed by atoms with E-state index in [1.54, 1.807) is 0 Å². The van der Waals surface area contributed by atoms with Crippen LogP contribution in [0, 0.1) is 0 Å². The van der Waals surface area contributed by atoms with Crippen LogP contribution >= 0.6 is 27.5 Å². The van der Waals surface area contributed by atoms with Gasteiger partial charge in [0.25, 0.3) is 6.43 Å². The molecule has 0 spiro atoms. The molecule has 72 valence electrons. The van der Waals surface area contributed by atoms with Gasteiger partial charge >= 0.3 is 0 Å². The zero-order valence-corrected chi connectivity index (χ0v) is 8.61. The summed E-state index contributed by atoms with van der Waals surface area (Å²) in [6.07, 6.45) is -1.63. The van der Waals surface area contributed by atoms with Gasteiger partial charge in [0.2, 0.25) is 0 Å². The van der Waals surface area contributed by atoms with Gasteiger partial charge in [-0.25, -0.2) is 8.78 Å². The Balaban J connectivity index is 3.32. The number of pyridine rings is 1. The molecule has 0 aliphatic carbocycles. The molecule has 2 nitrogen and oxygen atoms in total. The Hall–Kier alpha value is -0.420. The normalized spacial score (nSPS) is 10.8. The summed E-state index contributed by atoms with van der Waals surface area (Å²) < 4.78 is 24.8. The zero-order chi connectivity index (χ0) is 10.0. The average molecular weight is 272 g/mol. The molecule has 0 radical (unpaired) electrons. The van der Waals surface area contributed by atoms with Crippen molar-refractivity contribution in [2.45, 2.75) is 12.3 Å². The van der Waals surface area contributed by atoms with Crippen LogP contribution in [0.3, 0.4) is 0 Å². The predicted octanol–water partition coefficient (Wildman–Crippen LogP) is 3.23. The van der Waals surface area contributed by atoms with Crippen molar-refractivity contribution in [1.82, 2.24) is 4.98 Å². The van der Waals surface area contributed by atoms with Crippen LogP contribution in [0.25, 0.3) is 0 Å². The molecule has 0 bridgehead atoms. The van der Waals surface area contributed by atoms with Crippen molar-refractivity contribution in [2.75, 3.05) is 0 Å². The smallest absolute Gasteiger partial charge is 0.266 e. The minimum atomic E-state index is -2.71. The molecule has 0 saturated heterocycles. The van der Waals surface area contributed by atoms with Gasteiger partial charge in [-0.2, -0.15) is 0 Å². The fourth-order valence-corrected chi connectivity index (χ4v) is 1.58. The SMILES string of the molecule is Oc1cnc(CCl)c(C(F)F)c1Br. The molecular weight excluding hydrogens is 267 g/mol. The lowest BCUT2D eigenvalue weighted by molar-refractivity contribution is 0.148. The van der Waals surface area contributed by atoms with Crippen molar-refractivity contribution in [2.24, 2.45) is 0 Å². The Bertz CT molecular complexity index is 322. The van der Waals surface area contributed by atoms with Gasteiger partial charge in [0.15, 0.2) is 0 Å². The highest BCUT2D eigenvalue weighted by Crippen LogP contribution is 2.35. The monoisotopic (exact) mass is 271 g/mol. The van der Waals surface area contributed by atoms with Crippen molar-refractivity contribution >= 4 is 27.5 Å². The lowest BCUT2D eigenvalue weighted by atomic mass is 10.2. The molecule has 13 heavy (non-hydrogen) atoms. The second kappa shape index (κ2) is 4.19. The molecule has 0 saturated carbocycles. The molecule has 1 N–H and O–H groups in total. The number of hydrogen-bond donors (Lipinski definition) is 1. The summed E-state index contributed by atoms with van der Waals surface area (Å²) in [6.45, 7) is 0. The maximum absolute atomic E-state index is 12.4. The third-order valence-corrected chi connectivity index (χ3v) is 2.55. The van der Waals surface area contributed by atoms with Crippen molar-refractivity contribution in [3.63, 3.8) is 0 Å². The molecular formula is C7H5BrClF2NO. The molecule has 0 aliphatic rings. The van der Waals surface area contributed by atoms with Gasteiger partial charge in [-0.1, -0.05) is 0 Å². The largest absolute Gasteiger partial charge is 0.505 e. The highest BCUT2D eigenvalue weighted by atomic mass is 79.9. The van der Waals surface area contributed by atoms with Crippen LogP contribution in [0.15, 0.2) is 10.7 Å². The molecule has 6 heteroatoms. The maximum atomic E-state index is 12.4. The predicted molar refractivity (Wildman–Crippen MR) is 48.1 cm³/mol. The number of alkyl halides is 3. The summed E-state index contributed by atoms with van der Waals surface area (Å²) in [4.78, 5) is 3.59. The van der Waals surface area contributed by atoms with E-state index in [0.717, 1.165) is 6.20 Å². The summed E-state index contributed by atoms with van der Waals surface area (Å²) in [5.41, 5.74) is -0.281. The van der Waals surface area contributed by atoms with Crippen LogP contribution in [0.2, 0.25) is 0 Å². The molecule has 0 amide bonds. The van der Waals surface area contributed by atoms with Crippen LogP contribution in [0.4, 0.5) is 8.78 Å². The summed E-state index contributed by atoms with van der Waals surface area (Å²) in [5.74, 6) is -0.428. The second-order valence-electron chi connectivity index (χ2n) is 2.25. The fraction of sp³-hybridized carbons (Fsp3) is 0.286. The Kier molecular flexibility index (Phi) is 3.44. The highest BCUT2D eigenvalue weighted by molar-refractivity contribution is 9.10. The molecule has 1 heterocycles. The number of rotatable bonds is 2. The molecule has 0 fully saturated rings. The lowest BCUT2D eigenvalue weighted by Gasteiger charge is -2.08. The Labute approximate surface area is 86.7 Å². The molecule has 1 aromatic heterocycles. The van der Waals surface area contributed by atoms with E-state index in [-0.39, 0.29) is 27.4 Å². The van der Waals surface area contributed by atoms with E-state index in [9.17, 15) is 8.78 Å². The topological polar surface area (TPSA) is 33.1 Å². The van der Waals surface area contributed by atoms with Gasteiger partial charge in [-0.05, 0) is 15.9 Å². The van der Waals surface area contributed by atoms with Crippen LogP contribution in [0.1, 0.15) is 17.7 Å². The minimum Gasteiger partial charge on any atom is -0.505 e. The van der Waals surface area contributed by atoms with E-state index in [0.29, 0.717) is 0 Å². The molecule has 1 aromatic rings. The van der Waals surface area contributed by atoms with E-state index < -0.39 is 6.43 Å². The second-order valence-corrected chi connectivity index (χ2v) is 3.31. The maximum Gasteiger partial charge on any atom is 0.266 e. The first-order chi connectivity index (χ1) is 6.07. The summed E-state index contributed by atoms with van der Waals surface area (Å²) in [7, 11) is 0. The first-order valence-corrected chi connectivity index (χ1v) is 4.61. The van der Waals surface area contributed by atoms with Crippen molar-refractivity contribution < 1.29 is 13.9 Å². The number of halogens is 4. The quantitative estimate of drug-likeness (QED) is 0.839. The number of aromatic nitrogens is 1. The fourth-order valence-electron chi connectivity index (χ4n) is 0.858. The van der Waals surface area contributed by atoms with E-state index in [2.05, 4.69) is 20.9 Å². The first-order valence-electron chi connectivity index (χ1n) is 3.28. The van der Waals surface area contributed by atoms with Crippen LogP contribution in [0.5, 0.6) is 5.75 Å². The van der Waals surface area contributed by atoms with E-state index in [1.807, 2.05) is 0 Å². The standard InChI is InChI=1S/C7H5BrClF2NO/c8-6-4(13)2-12-3(1-9)5(6)7(10)11/h2,7,13H,1H2. The number of hydrogen-bond acceptors (Lipinski definition) is 2. The number of nitrogens with zero attached hydrogens (tertiary/aromatic N) is 1. The first kappa shape index (κ1) is 10.7. The highest BCUT2D eigenvalue weighted by Gasteiger charge is 2.19. The van der Waals surface area contributed by atoms with Crippen LogP contribution in [-0.4, -0.2) is 10.1 Å². The van der Waals surface area contributed by atoms with Gasteiger partial charge in [0.05, 0.1) is 27.8 Å². The van der Waals surface area contributed by atoms with Crippen LogP contribution < -0.4 is 0 Å². The van der Waals surface area contributed by atoms with Gasteiger partial charge in [-0.3, -0.25) is 4.98 Å². The Morgan fingerprint density at radius 2 is 2.23 bits per heavy atom.